The second kappa shape index (κ2) is 11.3. The highest BCUT2D eigenvalue weighted by Gasteiger charge is 2.43. The summed E-state index contributed by atoms with van der Waals surface area (Å²) in [6.07, 6.45) is 11.0. The Morgan fingerprint density at radius 2 is 1.89 bits per heavy atom. The van der Waals surface area contributed by atoms with Gasteiger partial charge < -0.3 is 14.7 Å². The van der Waals surface area contributed by atoms with Gasteiger partial charge in [-0.1, -0.05) is 50.8 Å². The number of aliphatic hydroxyl groups is 1. The molecular weight excluding hydrogens is 340 g/mol. The van der Waals surface area contributed by atoms with Crippen LogP contribution < -0.4 is 0 Å². The van der Waals surface area contributed by atoms with E-state index in [0.717, 1.165) is 25.9 Å². The van der Waals surface area contributed by atoms with E-state index in [-0.39, 0.29) is 12.1 Å². The number of ether oxygens (including phenoxy) is 1. The molecular formula is C22H38N2O3. The molecule has 154 valence electrons. The number of hydrogen-bond acceptors (Lipinski definition) is 4. The van der Waals surface area contributed by atoms with Gasteiger partial charge >= 0.3 is 6.09 Å². The Morgan fingerprint density at radius 1 is 1.22 bits per heavy atom. The third kappa shape index (κ3) is 8.31. The first-order chi connectivity index (χ1) is 12.8. The Labute approximate surface area is 165 Å². The molecule has 0 aromatic carbocycles. The van der Waals surface area contributed by atoms with Crippen LogP contribution in [0, 0.1) is 5.92 Å². The van der Waals surface area contributed by atoms with E-state index in [0.29, 0.717) is 19.0 Å². The quantitative estimate of drug-likeness (QED) is 0.710. The van der Waals surface area contributed by atoms with Crippen molar-refractivity contribution in [2.75, 3.05) is 26.2 Å². The number of piperazine rings is 1. The molecule has 1 N–H and O–H groups in total. The summed E-state index contributed by atoms with van der Waals surface area (Å²) in [5.41, 5.74) is -0.524. The number of rotatable bonds is 6. The number of aliphatic hydroxyl groups excluding tert-OH is 1. The van der Waals surface area contributed by atoms with Crippen molar-refractivity contribution in [1.29, 1.82) is 0 Å². The van der Waals surface area contributed by atoms with Crippen molar-refractivity contribution in [1.82, 2.24) is 9.80 Å². The Morgan fingerprint density at radius 3 is 2.44 bits per heavy atom. The first kappa shape index (κ1) is 23.4. The van der Waals surface area contributed by atoms with Crippen LogP contribution in [0.2, 0.25) is 0 Å². The van der Waals surface area contributed by atoms with E-state index >= 15 is 0 Å². The molecule has 5 heteroatoms. The summed E-state index contributed by atoms with van der Waals surface area (Å²) in [7, 11) is 0. The van der Waals surface area contributed by atoms with Gasteiger partial charge in [0.1, 0.15) is 5.60 Å². The van der Waals surface area contributed by atoms with Gasteiger partial charge in [-0.05, 0) is 39.5 Å². The molecule has 1 saturated heterocycles. The van der Waals surface area contributed by atoms with Crippen molar-refractivity contribution in [2.24, 2.45) is 5.92 Å². The van der Waals surface area contributed by atoms with Gasteiger partial charge in [-0.15, -0.1) is 0 Å². The van der Waals surface area contributed by atoms with Gasteiger partial charge in [0.25, 0.3) is 0 Å². The van der Waals surface area contributed by atoms with Gasteiger partial charge in [-0.3, -0.25) is 4.90 Å². The van der Waals surface area contributed by atoms with Gasteiger partial charge in [0.2, 0.25) is 0 Å². The fraction of sp³-hybridized carbons (Fsp3) is 0.682. The molecule has 0 aromatic heterocycles. The average molecular weight is 379 g/mol. The van der Waals surface area contributed by atoms with E-state index in [1.54, 1.807) is 11.0 Å². The Kier molecular flexibility index (Phi) is 9.81. The van der Waals surface area contributed by atoms with E-state index < -0.39 is 11.7 Å². The molecule has 1 heterocycles. The SMILES string of the molecule is C=C/C=C\C=C\CN1CCN(C(=O)OC(C)(C)C)C(C(O)C2CC2)C1.CC. The second-order valence-corrected chi connectivity index (χ2v) is 7.88. The lowest BCUT2D eigenvalue weighted by Crippen LogP contribution is -2.60. The van der Waals surface area contributed by atoms with E-state index in [1.807, 2.05) is 52.8 Å². The molecule has 1 saturated carbocycles. The lowest BCUT2D eigenvalue weighted by Gasteiger charge is -2.43. The Hall–Kier alpha value is -1.59. The van der Waals surface area contributed by atoms with Crippen LogP contribution in [0.4, 0.5) is 4.79 Å². The van der Waals surface area contributed by atoms with Gasteiger partial charge in [-0.2, -0.15) is 0 Å². The molecule has 27 heavy (non-hydrogen) atoms. The minimum Gasteiger partial charge on any atom is -0.444 e. The van der Waals surface area contributed by atoms with Gasteiger partial charge in [0, 0.05) is 26.2 Å². The molecule has 2 unspecified atom stereocenters. The summed E-state index contributed by atoms with van der Waals surface area (Å²) < 4.78 is 5.54. The van der Waals surface area contributed by atoms with Gasteiger partial charge in [-0.25, -0.2) is 4.79 Å². The van der Waals surface area contributed by atoms with Crippen molar-refractivity contribution in [3.05, 3.63) is 37.0 Å². The molecule has 2 atom stereocenters. The zero-order chi connectivity index (χ0) is 20.4. The molecule has 2 aliphatic rings. The zero-order valence-electron chi connectivity index (χ0n) is 17.7. The van der Waals surface area contributed by atoms with E-state index in [4.69, 9.17) is 4.74 Å². The zero-order valence-corrected chi connectivity index (χ0v) is 17.7. The normalized spacial score (nSPS) is 22.4. The average Bonchev–Trinajstić information content (AvgIpc) is 3.46. The maximum atomic E-state index is 12.6. The van der Waals surface area contributed by atoms with E-state index in [1.165, 1.54) is 0 Å². The highest BCUT2D eigenvalue weighted by molar-refractivity contribution is 5.69. The standard InChI is InChI=1S/C20H32N2O3.C2H6/c1-5-6-7-8-9-12-21-13-14-22(19(24)25-20(2,3)4)17(15-21)18(23)16-10-11-16;1-2/h5-9,16-18,23H,1,10-15H2,2-4H3;1-2H3/b7-6-,9-8+;. The molecule has 2 fully saturated rings. The Bertz CT molecular complexity index is 518. The van der Waals surface area contributed by atoms with Crippen molar-refractivity contribution in [3.8, 4) is 0 Å². The molecule has 0 radical (unpaired) electrons. The molecule has 2 rings (SSSR count). The lowest BCUT2D eigenvalue weighted by molar-refractivity contribution is -0.0354. The van der Waals surface area contributed by atoms with Crippen molar-refractivity contribution in [3.63, 3.8) is 0 Å². The monoisotopic (exact) mass is 378 g/mol. The molecule has 1 aliphatic heterocycles. The van der Waals surface area contributed by atoms with Crippen LogP contribution in [0.25, 0.3) is 0 Å². The lowest BCUT2D eigenvalue weighted by atomic mass is 10.0. The minimum absolute atomic E-state index is 0.201. The summed E-state index contributed by atoms with van der Waals surface area (Å²) in [6, 6.07) is -0.201. The van der Waals surface area contributed by atoms with Gasteiger partial charge in [0.15, 0.2) is 0 Å². The highest BCUT2D eigenvalue weighted by atomic mass is 16.6. The van der Waals surface area contributed by atoms with Crippen LogP contribution in [-0.2, 0) is 4.74 Å². The minimum atomic E-state index is -0.524. The molecule has 0 bridgehead atoms. The summed E-state index contributed by atoms with van der Waals surface area (Å²) >= 11 is 0. The summed E-state index contributed by atoms with van der Waals surface area (Å²) in [6.45, 7) is 16.1. The third-order valence-corrected chi connectivity index (χ3v) is 4.49. The number of amides is 1. The number of hydrogen-bond donors (Lipinski definition) is 1. The smallest absolute Gasteiger partial charge is 0.410 e. The van der Waals surface area contributed by atoms with Crippen LogP contribution >= 0.6 is 0 Å². The van der Waals surface area contributed by atoms with Crippen molar-refractivity contribution < 1.29 is 14.6 Å². The van der Waals surface area contributed by atoms with Crippen LogP contribution in [0.5, 0.6) is 0 Å². The van der Waals surface area contributed by atoms with E-state index in [2.05, 4.69) is 17.6 Å². The number of nitrogens with zero attached hydrogens (tertiary/aromatic N) is 2. The summed E-state index contributed by atoms with van der Waals surface area (Å²) in [5, 5.41) is 10.7. The second-order valence-electron chi connectivity index (χ2n) is 7.88. The number of allylic oxidation sites excluding steroid dienone is 4. The predicted octanol–water partition coefficient (Wildman–Crippen LogP) is 4.00. The third-order valence-electron chi connectivity index (χ3n) is 4.49. The number of carbonyl (C=O) groups excluding carboxylic acids is 1. The number of carbonyl (C=O) groups is 1. The summed E-state index contributed by atoms with van der Waals surface area (Å²) in [4.78, 5) is 16.6. The molecule has 5 nitrogen and oxygen atoms in total. The van der Waals surface area contributed by atoms with Crippen LogP contribution in [0.3, 0.4) is 0 Å². The first-order valence-electron chi connectivity index (χ1n) is 10.2. The van der Waals surface area contributed by atoms with E-state index in [9.17, 15) is 9.90 Å². The summed E-state index contributed by atoms with van der Waals surface area (Å²) in [5.74, 6) is 0.320. The van der Waals surface area contributed by atoms with Gasteiger partial charge in [0.05, 0.1) is 12.1 Å². The van der Waals surface area contributed by atoms with Crippen LogP contribution in [0.1, 0.15) is 47.5 Å². The van der Waals surface area contributed by atoms with Crippen molar-refractivity contribution in [2.45, 2.75) is 65.2 Å². The molecule has 0 aromatic rings. The topological polar surface area (TPSA) is 53.0 Å². The maximum Gasteiger partial charge on any atom is 0.410 e. The van der Waals surface area contributed by atoms with Crippen molar-refractivity contribution >= 4 is 6.09 Å². The fourth-order valence-electron chi connectivity index (χ4n) is 3.06. The Balaban J connectivity index is 0.00000176. The molecule has 1 amide bonds. The molecule has 1 aliphatic carbocycles. The van der Waals surface area contributed by atoms with Crippen LogP contribution in [-0.4, -0.2) is 64.9 Å². The fourth-order valence-corrected chi connectivity index (χ4v) is 3.06. The first-order valence-corrected chi connectivity index (χ1v) is 10.2. The predicted molar refractivity (Wildman–Crippen MR) is 112 cm³/mol. The highest BCUT2D eigenvalue weighted by Crippen LogP contribution is 2.36. The maximum absolute atomic E-state index is 12.6. The largest absolute Gasteiger partial charge is 0.444 e. The molecule has 0 spiro atoms. The van der Waals surface area contributed by atoms with Crippen LogP contribution in [0.15, 0.2) is 37.0 Å².